The number of hydrazone groups is 1. The number of carbonyl (C=O) groups excluding carboxylic acids is 6. The number of nitrogens with zero attached hydrogens (tertiary/aromatic N) is 4. The Morgan fingerprint density at radius 2 is 1.44 bits per heavy atom. The van der Waals surface area contributed by atoms with Crippen molar-refractivity contribution in [2.45, 2.75) is 94.9 Å². The van der Waals surface area contributed by atoms with Gasteiger partial charge in [0.1, 0.15) is 54.4 Å². The van der Waals surface area contributed by atoms with Crippen LogP contribution in [0.3, 0.4) is 0 Å². The number of fused-ring (bicyclic) bond motifs is 4. The van der Waals surface area contributed by atoms with E-state index in [-0.39, 0.29) is 50.7 Å². The van der Waals surface area contributed by atoms with Crippen LogP contribution in [0.15, 0.2) is 125 Å². The molecule has 7 N–H and O–H groups in total. The first-order valence-corrected chi connectivity index (χ1v) is 25.2. The van der Waals surface area contributed by atoms with E-state index in [9.17, 15) is 43.8 Å². The molecule has 7 rings (SSSR count). The van der Waals surface area contributed by atoms with Gasteiger partial charge in [0.2, 0.25) is 18.0 Å². The molecule has 5 amide bonds. The summed E-state index contributed by atoms with van der Waals surface area (Å²) in [6.45, 7) is 5.92. The van der Waals surface area contributed by atoms with Crippen LogP contribution in [0.2, 0.25) is 0 Å². The third-order valence-corrected chi connectivity index (χ3v) is 13.4. The Morgan fingerprint density at radius 1 is 0.821 bits per heavy atom. The molecule has 410 valence electrons. The van der Waals surface area contributed by atoms with Crippen molar-refractivity contribution in [1.29, 1.82) is 0 Å². The highest BCUT2D eigenvalue weighted by Gasteiger charge is 2.43. The maximum Gasteiger partial charge on any atom is 0.410 e. The van der Waals surface area contributed by atoms with Crippen LogP contribution < -0.4 is 26.5 Å². The van der Waals surface area contributed by atoms with E-state index in [2.05, 4.69) is 26.0 Å². The highest BCUT2D eigenvalue weighted by atomic mass is 16.6. The van der Waals surface area contributed by atoms with Gasteiger partial charge in [0, 0.05) is 45.0 Å². The van der Waals surface area contributed by atoms with Crippen molar-refractivity contribution < 1.29 is 62.7 Å². The number of nitrogens with one attached hydrogen (secondary N) is 3. The van der Waals surface area contributed by atoms with Gasteiger partial charge >= 0.3 is 24.1 Å². The maximum absolute atomic E-state index is 14.1. The summed E-state index contributed by atoms with van der Waals surface area (Å²) in [5, 5.41) is 34.3. The van der Waals surface area contributed by atoms with Crippen molar-refractivity contribution in [1.82, 2.24) is 25.8 Å². The summed E-state index contributed by atoms with van der Waals surface area (Å²) in [5.74, 6) is 1.07. The van der Waals surface area contributed by atoms with Gasteiger partial charge in [-0.1, -0.05) is 103 Å². The molecule has 0 unspecified atom stereocenters. The van der Waals surface area contributed by atoms with Gasteiger partial charge in [-0.3, -0.25) is 24.3 Å². The summed E-state index contributed by atoms with van der Waals surface area (Å²) >= 11 is 0. The van der Waals surface area contributed by atoms with Crippen LogP contribution in [0, 0.1) is 0 Å². The van der Waals surface area contributed by atoms with E-state index in [1.54, 1.807) is 51.1 Å². The minimum Gasteiger partial charge on any atom is -0.487 e. The second kappa shape index (κ2) is 25.3. The number of hydrogen-bond acceptors (Lipinski definition) is 15. The Morgan fingerprint density at radius 3 is 2.06 bits per heavy atom. The fourth-order valence-corrected chi connectivity index (χ4v) is 9.16. The molecule has 0 bridgehead atoms. The number of amides is 5. The summed E-state index contributed by atoms with van der Waals surface area (Å²) in [4.78, 5) is 99.0. The Bertz CT molecular complexity index is 3040. The number of carbonyl (C=O) groups is 7. The van der Waals surface area contributed by atoms with Crippen LogP contribution in [0.25, 0.3) is 21.9 Å². The molecular weight excluding hydrogens is 1000 g/mol. The number of benzene rings is 5. The number of rotatable bonds is 20. The van der Waals surface area contributed by atoms with E-state index < -0.39 is 83.9 Å². The molecule has 5 aromatic carbocycles. The lowest BCUT2D eigenvalue weighted by molar-refractivity contribution is -0.150. The standard InChI is InChI=1S/C57H64N8O13/c1-33(64(5)56(74)78-57(2,3)4)49(66)62-51(68)52(69)65-30-38(28-48(65)50(67)60-46(53(70)71)27-35-19-22-36-13-7-8-14-37(36)25-35)59-29-39(63-58)31-76-40-23-20-34(21-24-40)26-47(54(72)75-6)61-55(73)77-32-45-43-17-11-9-15-41(43)42-16-10-12-18-44(42)45/h7-25,29,33,38,45-48,51,68H,26-28,30-32,58H2,1-6H3,(H,60,67)(H,61,73)(H,62,66)(H,70,71)/t33-,38-,46-,47-,48-,51-/m0/s1. The zero-order valence-electron chi connectivity index (χ0n) is 44.1. The second-order valence-corrected chi connectivity index (χ2v) is 19.9. The number of ether oxygens (including phenoxy) is 4. The quantitative estimate of drug-likeness (QED) is 0.0154. The Labute approximate surface area is 450 Å². The number of aliphatic imine (C=N–C) groups is 1. The zero-order chi connectivity index (χ0) is 56.3. The monoisotopic (exact) mass is 1070 g/mol. The number of carboxylic acids is 1. The summed E-state index contributed by atoms with van der Waals surface area (Å²) in [6.07, 6.45) is -2.67. The third kappa shape index (κ3) is 14.3. The largest absolute Gasteiger partial charge is 0.487 e. The highest BCUT2D eigenvalue weighted by molar-refractivity contribution is 6.31. The van der Waals surface area contributed by atoms with Crippen LogP contribution >= 0.6 is 0 Å². The van der Waals surface area contributed by atoms with Gasteiger partial charge in [0.15, 0.2) is 0 Å². The molecule has 2 aliphatic rings. The first-order valence-electron chi connectivity index (χ1n) is 25.2. The molecular formula is C57H64N8O13. The average Bonchev–Trinajstić information content (AvgIpc) is 4.07. The van der Waals surface area contributed by atoms with Gasteiger partial charge in [-0.25, -0.2) is 19.2 Å². The molecule has 1 heterocycles. The molecule has 21 nitrogen and oxygen atoms in total. The first kappa shape index (κ1) is 56.9. The van der Waals surface area contributed by atoms with Gasteiger partial charge < -0.3 is 55.9 Å². The molecule has 5 aromatic rings. The van der Waals surface area contributed by atoms with Crippen LogP contribution in [0.5, 0.6) is 5.75 Å². The minimum absolute atomic E-state index is 0.0571. The minimum atomic E-state index is -2.19. The maximum atomic E-state index is 14.1. The van der Waals surface area contributed by atoms with E-state index in [1.807, 2.05) is 84.9 Å². The van der Waals surface area contributed by atoms with Crippen molar-refractivity contribution in [3.63, 3.8) is 0 Å². The number of aliphatic hydroxyl groups is 1. The fourth-order valence-electron chi connectivity index (χ4n) is 9.16. The van der Waals surface area contributed by atoms with Gasteiger partial charge in [-0.15, -0.1) is 0 Å². The summed E-state index contributed by atoms with van der Waals surface area (Å²) in [6, 6.07) is 29.6. The van der Waals surface area contributed by atoms with E-state index in [0.717, 1.165) is 42.8 Å². The molecule has 1 aliphatic carbocycles. The first-order chi connectivity index (χ1) is 37.2. The molecule has 0 aromatic heterocycles. The lowest BCUT2D eigenvalue weighted by Crippen LogP contribution is -2.57. The van der Waals surface area contributed by atoms with Crippen LogP contribution in [-0.2, 0) is 51.0 Å². The number of methoxy groups -OCH3 is 1. The van der Waals surface area contributed by atoms with Crippen LogP contribution in [-0.4, -0.2) is 150 Å². The van der Waals surface area contributed by atoms with Gasteiger partial charge in [0.05, 0.1) is 13.2 Å². The molecule has 0 spiro atoms. The number of carboxylic acid groups (broad SMARTS) is 1. The van der Waals surface area contributed by atoms with Gasteiger partial charge in [-0.05, 0) is 84.0 Å². The summed E-state index contributed by atoms with van der Waals surface area (Å²) in [7, 11) is 2.54. The number of likely N-dealkylation sites (tertiary alicyclic amines) is 1. The average molecular weight is 1070 g/mol. The number of aliphatic hydroxyl groups excluding tert-OH is 1. The smallest absolute Gasteiger partial charge is 0.410 e. The number of hydrogen-bond donors (Lipinski definition) is 6. The summed E-state index contributed by atoms with van der Waals surface area (Å²) < 4.78 is 21.9. The Balaban J connectivity index is 0.974. The topological polar surface area (TPSA) is 290 Å². The zero-order valence-corrected chi connectivity index (χ0v) is 44.1. The van der Waals surface area contributed by atoms with Crippen molar-refractivity contribution in [2.24, 2.45) is 15.9 Å². The number of nitrogens with two attached hydrogens (primary N) is 1. The number of aliphatic carboxylic acids is 1. The van der Waals surface area contributed by atoms with Gasteiger partial charge in [-0.2, -0.15) is 5.10 Å². The van der Waals surface area contributed by atoms with Crippen molar-refractivity contribution >= 4 is 64.5 Å². The highest BCUT2D eigenvalue weighted by Crippen LogP contribution is 2.44. The van der Waals surface area contributed by atoms with Crippen LogP contribution in [0.4, 0.5) is 9.59 Å². The van der Waals surface area contributed by atoms with E-state index in [1.165, 1.54) is 27.3 Å². The molecule has 1 fully saturated rings. The molecule has 1 aliphatic heterocycles. The lowest BCUT2D eigenvalue weighted by atomic mass is 9.98. The number of esters is 1. The number of alkyl carbamates (subject to hydrolysis) is 1. The summed E-state index contributed by atoms with van der Waals surface area (Å²) in [5.41, 5.74) is 4.80. The van der Waals surface area contributed by atoms with Crippen LogP contribution in [0.1, 0.15) is 62.3 Å². The molecule has 78 heavy (non-hydrogen) atoms. The molecule has 0 saturated carbocycles. The van der Waals surface area contributed by atoms with Crippen molar-refractivity contribution in [2.75, 3.05) is 33.9 Å². The lowest BCUT2D eigenvalue weighted by Gasteiger charge is -2.30. The predicted molar refractivity (Wildman–Crippen MR) is 288 cm³/mol. The Kier molecular flexibility index (Phi) is 18.5. The Hall–Kier alpha value is -8.85. The normalized spacial score (nSPS) is 16.7. The fraction of sp³-hybridized carbons (Fsp3) is 0.351. The van der Waals surface area contributed by atoms with Gasteiger partial charge in [0.25, 0.3) is 5.91 Å². The second-order valence-electron chi connectivity index (χ2n) is 19.9. The van der Waals surface area contributed by atoms with Crippen molar-refractivity contribution in [3.05, 3.63) is 138 Å². The molecule has 21 heteroatoms. The molecule has 0 radical (unpaired) electrons. The van der Waals surface area contributed by atoms with Crippen molar-refractivity contribution in [3.8, 4) is 16.9 Å². The number of likely N-dealkylation sites (N-methyl/N-ethyl adjacent to an activating group) is 1. The third-order valence-electron chi connectivity index (χ3n) is 13.4. The van der Waals surface area contributed by atoms with E-state index >= 15 is 0 Å². The molecule has 6 atom stereocenters. The SMILES string of the molecule is COC(=O)[C@H](Cc1ccc(OCC(C=N[C@H]2C[C@@H](C(=O)N[C@@H](Cc3ccc4ccccc4c3)C(=O)O)N(C(=O)[C@H](O)NC(=O)[C@H](C)N(C)C(=O)OC(C)(C)C)C2)=NN)cc1)NC(=O)OCC1c2ccccc2-c2ccccc21. The predicted octanol–water partition coefficient (Wildman–Crippen LogP) is 4.70. The van der Waals surface area contributed by atoms with E-state index in [4.69, 9.17) is 24.8 Å². The molecule has 1 saturated heterocycles. The van der Waals surface area contributed by atoms with E-state index in [0.29, 0.717) is 16.9 Å².